The van der Waals surface area contributed by atoms with Crippen LogP contribution in [0.4, 0.5) is 0 Å². The van der Waals surface area contributed by atoms with Gasteiger partial charge in [0.15, 0.2) is 0 Å². The fraction of sp³-hybridized carbons (Fsp3) is 0.611. The molecule has 0 bridgehead atoms. The van der Waals surface area contributed by atoms with Gasteiger partial charge < -0.3 is 10.4 Å². The van der Waals surface area contributed by atoms with Gasteiger partial charge in [-0.05, 0) is 41.7 Å². The van der Waals surface area contributed by atoms with Crippen molar-refractivity contribution in [2.24, 2.45) is 0 Å². The zero-order valence-corrected chi connectivity index (χ0v) is 14.4. The Kier molecular flexibility index (Phi) is 5.93. The molecule has 1 saturated heterocycles. The molecule has 122 valence electrons. The van der Waals surface area contributed by atoms with E-state index >= 15 is 0 Å². The average Bonchev–Trinajstić information content (AvgIpc) is 2.53. The third-order valence-electron chi connectivity index (χ3n) is 4.57. The molecule has 2 rings (SSSR count). The molecule has 3 nitrogen and oxygen atoms in total. The Hall–Kier alpha value is -1.00. The highest BCUT2D eigenvalue weighted by molar-refractivity contribution is 7.99. The number of nitrogens with one attached hydrogen (secondary N) is 1. The summed E-state index contributed by atoms with van der Waals surface area (Å²) in [5, 5.41) is 13.3. The van der Waals surface area contributed by atoms with E-state index in [0.717, 1.165) is 30.8 Å². The van der Waals surface area contributed by atoms with Crippen LogP contribution in [0.5, 0.6) is 0 Å². The first-order valence-electron chi connectivity index (χ1n) is 8.04. The molecule has 0 spiro atoms. The van der Waals surface area contributed by atoms with Crippen molar-refractivity contribution in [2.75, 3.05) is 18.1 Å². The minimum Gasteiger partial charge on any atom is -0.388 e. The number of thioether (sulfide) groups is 1. The van der Waals surface area contributed by atoms with Crippen molar-refractivity contribution >= 4 is 17.7 Å². The topological polar surface area (TPSA) is 49.3 Å². The summed E-state index contributed by atoms with van der Waals surface area (Å²) in [6, 6.07) is 10.3. The van der Waals surface area contributed by atoms with Crippen molar-refractivity contribution in [3.63, 3.8) is 0 Å². The van der Waals surface area contributed by atoms with Crippen molar-refractivity contribution in [1.29, 1.82) is 0 Å². The van der Waals surface area contributed by atoms with Gasteiger partial charge in [0, 0.05) is 13.0 Å². The highest BCUT2D eigenvalue weighted by atomic mass is 32.2. The van der Waals surface area contributed by atoms with E-state index in [9.17, 15) is 9.90 Å². The van der Waals surface area contributed by atoms with E-state index in [4.69, 9.17) is 0 Å². The normalized spacial score (nSPS) is 18.0. The summed E-state index contributed by atoms with van der Waals surface area (Å²) in [7, 11) is 0. The van der Waals surface area contributed by atoms with Crippen LogP contribution in [-0.2, 0) is 10.2 Å². The van der Waals surface area contributed by atoms with Gasteiger partial charge in [0.25, 0.3) is 0 Å². The number of carbonyl (C=O) groups is 1. The first-order chi connectivity index (χ1) is 10.4. The van der Waals surface area contributed by atoms with Gasteiger partial charge in [-0.25, -0.2) is 0 Å². The van der Waals surface area contributed by atoms with E-state index in [1.807, 2.05) is 30.0 Å². The number of hydrogen-bond donors (Lipinski definition) is 2. The molecule has 1 aromatic carbocycles. The third-order valence-corrected chi connectivity index (χ3v) is 5.56. The Bertz CT molecular complexity index is 481. The van der Waals surface area contributed by atoms with Gasteiger partial charge in [0.2, 0.25) is 5.91 Å². The zero-order chi connectivity index (χ0) is 16.1. The molecule has 0 atom stereocenters. The Morgan fingerprint density at radius 2 is 1.91 bits per heavy atom. The summed E-state index contributed by atoms with van der Waals surface area (Å²) in [4.78, 5) is 12.1. The molecule has 1 amide bonds. The van der Waals surface area contributed by atoms with Crippen LogP contribution in [0.1, 0.15) is 45.1 Å². The van der Waals surface area contributed by atoms with Gasteiger partial charge >= 0.3 is 0 Å². The van der Waals surface area contributed by atoms with Crippen molar-refractivity contribution in [3.8, 4) is 0 Å². The summed E-state index contributed by atoms with van der Waals surface area (Å²) in [6.45, 7) is 4.72. The van der Waals surface area contributed by atoms with E-state index in [1.54, 1.807) is 0 Å². The van der Waals surface area contributed by atoms with Crippen LogP contribution < -0.4 is 5.32 Å². The lowest BCUT2D eigenvalue weighted by atomic mass is 9.80. The predicted molar refractivity (Wildman–Crippen MR) is 93.2 cm³/mol. The lowest BCUT2D eigenvalue weighted by Crippen LogP contribution is -2.45. The van der Waals surface area contributed by atoms with Crippen molar-refractivity contribution < 1.29 is 9.90 Å². The lowest BCUT2D eigenvalue weighted by molar-refractivity contribution is -0.122. The smallest absolute Gasteiger partial charge is 0.220 e. The molecule has 0 aliphatic carbocycles. The van der Waals surface area contributed by atoms with Gasteiger partial charge in [0.1, 0.15) is 0 Å². The Balaban J connectivity index is 1.77. The number of hydrogen-bond acceptors (Lipinski definition) is 3. The minimum absolute atomic E-state index is 0.0169. The van der Waals surface area contributed by atoms with Crippen LogP contribution in [0.3, 0.4) is 0 Å². The molecule has 0 unspecified atom stereocenters. The Morgan fingerprint density at radius 1 is 1.27 bits per heavy atom. The highest BCUT2D eigenvalue weighted by Crippen LogP contribution is 2.28. The van der Waals surface area contributed by atoms with Gasteiger partial charge in [-0.1, -0.05) is 44.2 Å². The second-order valence-corrected chi connectivity index (χ2v) is 8.09. The molecule has 22 heavy (non-hydrogen) atoms. The largest absolute Gasteiger partial charge is 0.388 e. The fourth-order valence-electron chi connectivity index (χ4n) is 2.74. The second-order valence-electron chi connectivity index (χ2n) is 6.86. The molecule has 0 aromatic heterocycles. The summed E-state index contributed by atoms with van der Waals surface area (Å²) >= 11 is 1.87. The van der Waals surface area contributed by atoms with E-state index in [-0.39, 0.29) is 11.3 Å². The number of rotatable bonds is 6. The Labute approximate surface area is 137 Å². The van der Waals surface area contributed by atoms with Crippen LogP contribution in [0.25, 0.3) is 0 Å². The van der Waals surface area contributed by atoms with Crippen LogP contribution in [0.2, 0.25) is 0 Å². The van der Waals surface area contributed by atoms with E-state index < -0.39 is 5.60 Å². The van der Waals surface area contributed by atoms with E-state index in [0.29, 0.717) is 13.0 Å². The third kappa shape index (κ3) is 5.03. The molecular weight excluding hydrogens is 294 g/mol. The number of benzene rings is 1. The number of carbonyl (C=O) groups excluding carboxylic acids is 1. The molecule has 1 fully saturated rings. The maximum absolute atomic E-state index is 12.1. The van der Waals surface area contributed by atoms with E-state index in [1.165, 1.54) is 5.56 Å². The van der Waals surface area contributed by atoms with Gasteiger partial charge in [0.05, 0.1) is 5.60 Å². The minimum atomic E-state index is -0.699. The molecule has 2 N–H and O–H groups in total. The van der Waals surface area contributed by atoms with Crippen molar-refractivity contribution in [3.05, 3.63) is 35.9 Å². The van der Waals surface area contributed by atoms with Gasteiger partial charge in [-0.3, -0.25) is 4.79 Å². The van der Waals surface area contributed by atoms with Crippen LogP contribution in [0.15, 0.2) is 30.3 Å². The standard InChI is InChI=1S/C18H27NO2S/c1-17(2,15-6-4-3-5-7-15)9-8-16(20)19-14-18(21)10-12-22-13-11-18/h3-7,21H,8-14H2,1-2H3,(H,19,20). The highest BCUT2D eigenvalue weighted by Gasteiger charge is 2.30. The number of aliphatic hydroxyl groups is 1. The molecule has 0 saturated carbocycles. The molecule has 1 aliphatic heterocycles. The maximum atomic E-state index is 12.1. The SMILES string of the molecule is CC(C)(CCC(=O)NCC1(O)CCSCC1)c1ccccc1. The summed E-state index contributed by atoms with van der Waals surface area (Å²) in [6.07, 6.45) is 2.84. The molecule has 0 radical (unpaired) electrons. The second kappa shape index (κ2) is 7.51. The molecule has 1 heterocycles. The molecule has 4 heteroatoms. The Morgan fingerprint density at radius 3 is 2.55 bits per heavy atom. The average molecular weight is 321 g/mol. The number of amides is 1. The first kappa shape index (κ1) is 17.4. The summed E-state index contributed by atoms with van der Waals surface area (Å²) in [5.74, 6) is 2.00. The summed E-state index contributed by atoms with van der Waals surface area (Å²) in [5.41, 5.74) is 0.540. The van der Waals surface area contributed by atoms with E-state index in [2.05, 4.69) is 31.3 Å². The first-order valence-corrected chi connectivity index (χ1v) is 9.19. The molecule has 1 aromatic rings. The lowest BCUT2D eigenvalue weighted by Gasteiger charge is -2.32. The van der Waals surface area contributed by atoms with Crippen molar-refractivity contribution in [2.45, 2.75) is 50.5 Å². The van der Waals surface area contributed by atoms with Crippen LogP contribution in [-0.4, -0.2) is 34.7 Å². The fourth-order valence-corrected chi connectivity index (χ4v) is 3.99. The van der Waals surface area contributed by atoms with Crippen LogP contribution >= 0.6 is 11.8 Å². The predicted octanol–water partition coefficient (Wildman–Crippen LogP) is 3.12. The quantitative estimate of drug-likeness (QED) is 0.846. The molecule has 1 aliphatic rings. The maximum Gasteiger partial charge on any atom is 0.220 e. The van der Waals surface area contributed by atoms with Crippen molar-refractivity contribution in [1.82, 2.24) is 5.32 Å². The van der Waals surface area contributed by atoms with Gasteiger partial charge in [-0.2, -0.15) is 11.8 Å². The summed E-state index contributed by atoms with van der Waals surface area (Å²) < 4.78 is 0. The molecular formula is C18H27NO2S. The van der Waals surface area contributed by atoms with Crippen LogP contribution in [0, 0.1) is 0 Å². The zero-order valence-electron chi connectivity index (χ0n) is 13.6. The monoisotopic (exact) mass is 321 g/mol. The van der Waals surface area contributed by atoms with Gasteiger partial charge in [-0.15, -0.1) is 0 Å².